The van der Waals surface area contributed by atoms with Crippen LogP contribution in [0.5, 0.6) is 0 Å². The highest BCUT2D eigenvalue weighted by Crippen LogP contribution is 2.46. The van der Waals surface area contributed by atoms with E-state index in [1.54, 1.807) is 0 Å². The molecule has 1 atom stereocenters. The minimum atomic E-state index is -4.91. The number of amides is 1. The molecule has 0 saturated heterocycles. The molecule has 1 aromatic rings. The number of rotatable bonds is 4. The van der Waals surface area contributed by atoms with Crippen molar-refractivity contribution in [3.63, 3.8) is 0 Å². The summed E-state index contributed by atoms with van der Waals surface area (Å²) in [5, 5.41) is 2.53. The van der Waals surface area contributed by atoms with Gasteiger partial charge in [0.15, 0.2) is 0 Å². The highest BCUT2D eigenvalue weighted by molar-refractivity contribution is 5.83. The van der Waals surface area contributed by atoms with Crippen molar-refractivity contribution in [1.82, 2.24) is 5.32 Å². The number of hydrogen-bond donors (Lipinski definition) is 1. The Morgan fingerprint density at radius 3 is 2.00 bits per heavy atom. The normalized spacial score (nSPS) is 21.0. The first-order chi connectivity index (χ1) is 12.3. The lowest BCUT2D eigenvalue weighted by molar-refractivity contribution is -0.143. The summed E-state index contributed by atoms with van der Waals surface area (Å²) in [5.41, 5.74) is -2.85. The summed E-state index contributed by atoms with van der Waals surface area (Å²) in [5.74, 6) is -0.411. The molecular formula is C19H21F6NO. The number of hydrogen-bond acceptors (Lipinski definition) is 1. The highest BCUT2D eigenvalue weighted by Gasteiger charge is 2.45. The fourth-order valence-corrected chi connectivity index (χ4v) is 3.45. The molecule has 1 unspecified atom stereocenters. The van der Waals surface area contributed by atoms with Crippen LogP contribution in [0.25, 0.3) is 0 Å². The summed E-state index contributed by atoms with van der Waals surface area (Å²) in [6, 6.07) is 1.33. The molecular weight excluding hydrogens is 372 g/mol. The third kappa shape index (κ3) is 4.65. The van der Waals surface area contributed by atoms with Gasteiger partial charge in [-0.25, -0.2) is 0 Å². The van der Waals surface area contributed by atoms with Gasteiger partial charge in [-0.15, -0.1) is 0 Å². The van der Waals surface area contributed by atoms with Crippen LogP contribution >= 0.6 is 0 Å². The summed E-state index contributed by atoms with van der Waals surface area (Å²) < 4.78 is 77.6. The molecule has 2 rings (SSSR count). The van der Waals surface area contributed by atoms with Crippen LogP contribution < -0.4 is 5.32 Å². The smallest absolute Gasteiger partial charge is 0.352 e. The molecule has 1 fully saturated rings. The Balaban J connectivity index is 2.26. The van der Waals surface area contributed by atoms with E-state index < -0.39 is 35.4 Å². The van der Waals surface area contributed by atoms with Gasteiger partial charge in [0.05, 0.1) is 16.5 Å². The van der Waals surface area contributed by atoms with Gasteiger partial charge >= 0.3 is 12.4 Å². The Bertz CT molecular complexity index is 702. The topological polar surface area (TPSA) is 29.1 Å². The maximum atomic E-state index is 12.9. The van der Waals surface area contributed by atoms with Crippen LogP contribution in [0.4, 0.5) is 26.3 Å². The molecule has 1 aromatic carbocycles. The lowest BCUT2D eigenvalue weighted by Gasteiger charge is -2.31. The molecule has 1 N–H and O–H groups in total. The van der Waals surface area contributed by atoms with E-state index in [4.69, 9.17) is 0 Å². The number of carbonyl (C=O) groups excluding carboxylic acids is 1. The summed E-state index contributed by atoms with van der Waals surface area (Å²) in [4.78, 5) is 12.7. The predicted molar refractivity (Wildman–Crippen MR) is 88.6 cm³/mol. The summed E-state index contributed by atoms with van der Waals surface area (Å²) in [6.07, 6.45) is -8.13. The Labute approximate surface area is 153 Å². The summed E-state index contributed by atoms with van der Waals surface area (Å²) >= 11 is 0. The van der Waals surface area contributed by atoms with Gasteiger partial charge in [-0.05, 0) is 48.9 Å². The third-order valence-corrected chi connectivity index (χ3v) is 5.15. The zero-order valence-electron chi connectivity index (χ0n) is 15.0. The van der Waals surface area contributed by atoms with Crippen molar-refractivity contribution >= 4 is 5.91 Å². The minimum absolute atomic E-state index is 0.0380. The van der Waals surface area contributed by atoms with E-state index in [9.17, 15) is 31.1 Å². The molecule has 1 aliphatic rings. The van der Waals surface area contributed by atoms with Crippen LogP contribution in [-0.2, 0) is 23.7 Å². The van der Waals surface area contributed by atoms with Gasteiger partial charge in [0.25, 0.3) is 0 Å². The molecule has 1 amide bonds. The van der Waals surface area contributed by atoms with Crippen molar-refractivity contribution in [2.24, 2.45) is 11.3 Å². The lowest BCUT2D eigenvalue weighted by atomic mass is 9.74. The Morgan fingerprint density at radius 2 is 1.63 bits per heavy atom. The number of allylic oxidation sites excluding steroid dienone is 1. The third-order valence-electron chi connectivity index (χ3n) is 5.15. The van der Waals surface area contributed by atoms with Crippen LogP contribution in [0.3, 0.4) is 0 Å². The van der Waals surface area contributed by atoms with Crippen molar-refractivity contribution in [1.29, 1.82) is 0 Å². The molecule has 1 saturated carbocycles. The van der Waals surface area contributed by atoms with E-state index in [-0.39, 0.29) is 23.5 Å². The van der Waals surface area contributed by atoms with Gasteiger partial charge in [0.1, 0.15) is 0 Å². The zero-order chi connectivity index (χ0) is 20.6. The van der Waals surface area contributed by atoms with Crippen molar-refractivity contribution < 1.29 is 31.1 Å². The molecule has 0 bridgehead atoms. The maximum absolute atomic E-state index is 12.9. The van der Waals surface area contributed by atoms with Crippen LogP contribution in [0.2, 0.25) is 0 Å². The molecule has 0 aromatic heterocycles. The fourth-order valence-electron chi connectivity index (χ4n) is 3.45. The first-order valence-corrected chi connectivity index (χ1v) is 8.49. The van der Waals surface area contributed by atoms with Gasteiger partial charge in [-0.3, -0.25) is 4.79 Å². The molecule has 8 heteroatoms. The van der Waals surface area contributed by atoms with Crippen LogP contribution in [0.15, 0.2) is 30.4 Å². The first-order valence-electron chi connectivity index (χ1n) is 8.49. The monoisotopic (exact) mass is 393 g/mol. The SMILES string of the molecule is C=C1CCC(C(=O)NCc2cc(C(F)(F)F)cc(C(F)(F)F)c2)(C(C)C)C1. The van der Waals surface area contributed by atoms with E-state index in [2.05, 4.69) is 11.9 Å². The number of halogens is 6. The molecule has 1 aliphatic carbocycles. The highest BCUT2D eigenvalue weighted by atomic mass is 19.4. The van der Waals surface area contributed by atoms with E-state index in [1.807, 2.05) is 13.8 Å². The average Bonchev–Trinajstić information content (AvgIpc) is 2.94. The summed E-state index contributed by atoms with van der Waals surface area (Å²) in [6.45, 7) is 7.20. The second-order valence-corrected chi connectivity index (χ2v) is 7.33. The number of alkyl halides is 6. The minimum Gasteiger partial charge on any atom is -0.352 e. The van der Waals surface area contributed by atoms with Gasteiger partial charge in [0.2, 0.25) is 5.91 Å². The number of benzene rings is 1. The molecule has 0 heterocycles. The van der Waals surface area contributed by atoms with Gasteiger partial charge in [-0.2, -0.15) is 26.3 Å². The van der Waals surface area contributed by atoms with Crippen molar-refractivity contribution in [2.75, 3.05) is 0 Å². The van der Waals surface area contributed by atoms with Crippen LogP contribution in [0.1, 0.15) is 49.8 Å². The van der Waals surface area contributed by atoms with Crippen molar-refractivity contribution in [2.45, 2.75) is 52.0 Å². The van der Waals surface area contributed by atoms with Gasteiger partial charge in [-0.1, -0.05) is 26.0 Å². The molecule has 27 heavy (non-hydrogen) atoms. The van der Waals surface area contributed by atoms with Crippen molar-refractivity contribution in [3.8, 4) is 0 Å². The zero-order valence-corrected chi connectivity index (χ0v) is 15.0. The van der Waals surface area contributed by atoms with Crippen molar-refractivity contribution in [3.05, 3.63) is 47.0 Å². The maximum Gasteiger partial charge on any atom is 0.416 e. The number of carbonyl (C=O) groups is 1. The molecule has 2 nitrogen and oxygen atoms in total. The second kappa shape index (κ2) is 7.20. The number of nitrogens with one attached hydrogen (secondary N) is 1. The molecule has 150 valence electrons. The summed E-state index contributed by atoms with van der Waals surface area (Å²) in [7, 11) is 0. The quantitative estimate of drug-likeness (QED) is 0.514. The van der Waals surface area contributed by atoms with E-state index >= 15 is 0 Å². The fraction of sp³-hybridized carbons (Fsp3) is 0.526. The Morgan fingerprint density at radius 1 is 1.11 bits per heavy atom. The van der Waals surface area contributed by atoms with Gasteiger partial charge in [0, 0.05) is 6.54 Å². The van der Waals surface area contributed by atoms with E-state index in [1.165, 1.54) is 0 Å². The molecule has 0 aliphatic heterocycles. The van der Waals surface area contributed by atoms with E-state index in [0.29, 0.717) is 31.4 Å². The Hall–Kier alpha value is -1.99. The second-order valence-electron chi connectivity index (χ2n) is 7.33. The molecule has 0 spiro atoms. The van der Waals surface area contributed by atoms with Crippen LogP contribution in [0, 0.1) is 11.3 Å². The Kier molecular flexibility index (Phi) is 5.69. The lowest BCUT2D eigenvalue weighted by Crippen LogP contribution is -2.42. The van der Waals surface area contributed by atoms with Gasteiger partial charge < -0.3 is 5.32 Å². The van der Waals surface area contributed by atoms with E-state index in [0.717, 1.165) is 5.57 Å². The van der Waals surface area contributed by atoms with Crippen LogP contribution in [-0.4, -0.2) is 5.91 Å². The average molecular weight is 393 g/mol. The molecule has 0 radical (unpaired) electrons. The first kappa shape index (κ1) is 21.3. The standard InChI is InChI=1S/C19H21F6NO/c1-11(2)17(5-4-12(3)9-17)16(27)26-10-13-6-14(18(20,21)22)8-15(7-13)19(23,24)25/h6-8,11H,3-5,9-10H2,1-2H3,(H,26,27). The largest absolute Gasteiger partial charge is 0.416 e. The predicted octanol–water partition coefficient (Wildman–Crippen LogP) is 5.72.